The molecule has 7 heteroatoms. The summed E-state index contributed by atoms with van der Waals surface area (Å²) in [7, 11) is 3.51. The lowest BCUT2D eigenvalue weighted by Gasteiger charge is -2.14. The average Bonchev–Trinajstić information content (AvgIpc) is 3.25. The Morgan fingerprint density at radius 3 is 2.24 bits per heavy atom. The van der Waals surface area contributed by atoms with Crippen LogP contribution in [-0.4, -0.2) is 39.7 Å². The van der Waals surface area contributed by atoms with Gasteiger partial charge in [-0.1, -0.05) is 60.3 Å². The van der Waals surface area contributed by atoms with Gasteiger partial charge >= 0.3 is 0 Å². The minimum absolute atomic E-state index is 0.00319. The van der Waals surface area contributed by atoms with Gasteiger partial charge in [-0.15, -0.1) is 10.2 Å². The number of aryl methyl sites for hydroxylation is 2. The fourth-order valence-corrected chi connectivity index (χ4v) is 4.56. The standard InChI is InChI=1S/C27H28N4O2S/c1-19-9-8-10-20(2)25(19)33-17-24-28-29-27(31(24)23-11-6-5-7-12-23)34-18-21-13-15-22(16-14-21)26(32)30(3)4/h5-16H,17-18H2,1-4H3. The van der Waals surface area contributed by atoms with Gasteiger partial charge in [0.1, 0.15) is 12.4 Å². The van der Waals surface area contributed by atoms with Crippen LogP contribution in [0.3, 0.4) is 0 Å². The van der Waals surface area contributed by atoms with Crippen LogP contribution in [0.1, 0.15) is 32.9 Å². The Bertz CT molecular complexity index is 1250. The van der Waals surface area contributed by atoms with E-state index in [2.05, 4.69) is 10.2 Å². The number of ether oxygens (including phenoxy) is 1. The fourth-order valence-electron chi connectivity index (χ4n) is 3.64. The normalized spacial score (nSPS) is 10.8. The summed E-state index contributed by atoms with van der Waals surface area (Å²) in [5.74, 6) is 2.32. The number of thioether (sulfide) groups is 1. The Balaban J connectivity index is 1.55. The maximum atomic E-state index is 12.1. The molecule has 4 aromatic rings. The van der Waals surface area contributed by atoms with Crippen LogP contribution in [0, 0.1) is 13.8 Å². The molecule has 0 saturated carbocycles. The van der Waals surface area contributed by atoms with Crippen molar-refractivity contribution in [2.75, 3.05) is 14.1 Å². The van der Waals surface area contributed by atoms with Crippen molar-refractivity contribution < 1.29 is 9.53 Å². The van der Waals surface area contributed by atoms with Crippen LogP contribution < -0.4 is 4.74 Å². The zero-order chi connectivity index (χ0) is 24.1. The number of hydrogen-bond donors (Lipinski definition) is 0. The van der Waals surface area contributed by atoms with E-state index >= 15 is 0 Å². The first-order valence-corrected chi connectivity index (χ1v) is 12.0. The third-order valence-electron chi connectivity index (χ3n) is 5.44. The Kier molecular flexibility index (Phi) is 7.33. The van der Waals surface area contributed by atoms with Crippen LogP contribution in [0.15, 0.2) is 78.0 Å². The summed E-state index contributed by atoms with van der Waals surface area (Å²) < 4.78 is 8.22. The number of rotatable bonds is 8. The lowest BCUT2D eigenvalue weighted by molar-refractivity contribution is 0.0827. The molecule has 1 amide bonds. The molecule has 6 nitrogen and oxygen atoms in total. The van der Waals surface area contributed by atoms with Gasteiger partial charge in [-0.3, -0.25) is 9.36 Å². The molecule has 34 heavy (non-hydrogen) atoms. The largest absolute Gasteiger partial charge is 0.485 e. The van der Waals surface area contributed by atoms with Gasteiger partial charge in [-0.25, -0.2) is 0 Å². The first-order valence-electron chi connectivity index (χ1n) is 11.1. The highest BCUT2D eigenvalue weighted by molar-refractivity contribution is 7.98. The molecule has 0 radical (unpaired) electrons. The van der Waals surface area contributed by atoms with E-state index in [9.17, 15) is 4.79 Å². The third kappa shape index (κ3) is 5.31. The molecule has 1 heterocycles. The van der Waals surface area contributed by atoms with Gasteiger partial charge in [0.2, 0.25) is 0 Å². The molecule has 0 saturated heterocycles. The second-order valence-electron chi connectivity index (χ2n) is 8.26. The molecule has 0 N–H and O–H groups in total. The van der Waals surface area contributed by atoms with Crippen LogP contribution in [0.25, 0.3) is 5.69 Å². The van der Waals surface area contributed by atoms with Crippen LogP contribution in [-0.2, 0) is 12.4 Å². The number of hydrogen-bond acceptors (Lipinski definition) is 5. The van der Waals surface area contributed by atoms with Crippen LogP contribution in [0.5, 0.6) is 5.75 Å². The Labute approximate surface area is 204 Å². The second kappa shape index (κ2) is 10.6. The molecule has 0 aliphatic rings. The predicted octanol–water partition coefficient (Wildman–Crippen LogP) is 5.46. The lowest BCUT2D eigenvalue weighted by atomic mass is 10.1. The molecule has 0 fully saturated rings. The highest BCUT2D eigenvalue weighted by atomic mass is 32.2. The molecule has 0 atom stereocenters. The fraction of sp³-hybridized carbons (Fsp3) is 0.222. The molecule has 0 aliphatic carbocycles. The molecule has 0 spiro atoms. The average molecular weight is 473 g/mol. The van der Waals surface area contributed by atoms with Crippen LogP contribution >= 0.6 is 11.8 Å². The van der Waals surface area contributed by atoms with Crippen molar-refractivity contribution in [3.05, 3.63) is 101 Å². The summed E-state index contributed by atoms with van der Waals surface area (Å²) in [6.45, 7) is 4.40. The predicted molar refractivity (Wildman–Crippen MR) is 136 cm³/mol. The van der Waals surface area contributed by atoms with E-state index in [0.29, 0.717) is 17.9 Å². The zero-order valence-corrected chi connectivity index (χ0v) is 20.7. The smallest absolute Gasteiger partial charge is 0.253 e. The number of para-hydroxylation sites is 2. The van der Waals surface area contributed by atoms with Gasteiger partial charge in [-0.2, -0.15) is 0 Å². The Morgan fingerprint density at radius 2 is 1.59 bits per heavy atom. The van der Waals surface area contributed by atoms with Crippen molar-refractivity contribution in [1.29, 1.82) is 0 Å². The monoisotopic (exact) mass is 472 g/mol. The van der Waals surface area contributed by atoms with E-state index < -0.39 is 0 Å². The number of carbonyl (C=O) groups is 1. The summed E-state index contributed by atoms with van der Waals surface area (Å²) in [6, 6.07) is 23.9. The van der Waals surface area contributed by atoms with Crippen molar-refractivity contribution in [2.45, 2.75) is 31.4 Å². The zero-order valence-electron chi connectivity index (χ0n) is 19.9. The van der Waals surface area contributed by atoms with Crippen molar-refractivity contribution in [1.82, 2.24) is 19.7 Å². The van der Waals surface area contributed by atoms with Crippen molar-refractivity contribution in [3.8, 4) is 11.4 Å². The second-order valence-corrected chi connectivity index (χ2v) is 9.21. The van der Waals surface area contributed by atoms with Crippen molar-refractivity contribution >= 4 is 17.7 Å². The SMILES string of the molecule is Cc1cccc(C)c1OCc1nnc(SCc2ccc(C(=O)N(C)C)cc2)n1-c1ccccc1. The minimum Gasteiger partial charge on any atom is -0.485 e. The molecule has 0 aliphatic heterocycles. The quantitative estimate of drug-likeness (QED) is 0.319. The molecule has 174 valence electrons. The molecular formula is C27H28N4O2S. The van der Waals surface area contributed by atoms with E-state index in [4.69, 9.17) is 4.74 Å². The highest BCUT2D eigenvalue weighted by Crippen LogP contribution is 2.27. The molecular weight excluding hydrogens is 444 g/mol. The Morgan fingerprint density at radius 1 is 0.912 bits per heavy atom. The van der Waals surface area contributed by atoms with Crippen molar-refractivity contribution in [2.24, 2.45) is 0 Å². The third-order valence-corrected chi connectivity index (χ3v) is 6.44. The summed E-state index contributed by atoms with van der Waals surface area (Å²) in [4.78, 5) is 13.7. The van der Waals surface area contributed by atoms with Crippen molar-refractivity contribution in [3.63, 3.8) is 0 Å². The van der Waals surface area contributed by atoms with Gasteiger partial charge in [0.25, 0.3) is 5.91 Å². The first kappa shape index (κ1) is 23.6. The van der Waals surface area contributed by atoms with Gasteiger partial charge in [0, 0.05) is 31.1 Å². The highest BCUT2D eigenvalue weighted by Gasteiger charge is 2.16. The van der Waals surface area contributed by atoms with E-state index in [1.54, 1.807) is 30.8 Å². The number of amides is 1. The van der Waals surface area contributed by atoms with E-state index in [0.717, 1.165) is 39.1 Å². The maximum Gasteiger partial charge on any atom is 0.253 e. The lowest BCUT2D eigenvalue weighted by Crippen LogP contribution is -2.21. The summed E-state index contributed by atoms with van der Waals surface area (Å²) in [5.41, 5.74) is 4.96. The summed E-state index contributed by atoms with van der Waals surface area (Å²) >= 11 is 1.60. The van der Waals surface area contributed by atoms with Crippen LogP contribution in [0.4, 0.5) is 0 Å². The topological polar surface area (TPSA) is 60.3 Å². The molecule has 1 aromatic heterocycles. The van der Waals surface area contributed by atoms with E-state index in [1.165, 1.54) is 0 Å². The Hall–Kier alpha value is -3.58. The van der Waals surface area contributed by atoms with Gasteiger partial charge in [0.05, 0.1) is 0 Å². The molecule has 0 unspecified atom stereocenters. The number of carbonyl (C=O) groups excluding carboxylic acids is 1. The van der Waals surface area contributed by atoms with E-state index in [-0.39, 0.29) is 5.91 Å². The molecule has 0 bridgehead atoms. The first-order chi connectivity index (χ1) is 16.4. The summed E-state index contributed by atoms with van der Waals surface area (Å²) in [6.07, 6.45) is 0. The molecule has 4 rings (SSSR count). The van der Waals surface area contributed by atoms with Gasteiger partial charge < -0.3 is 9.64 Å². The van der Waals surface area contributed by atoms with E-state index in [1.807, 2.05) is 91.2 Å². The number of benzene rings is 3. The van der Waals surface area contributed by atoms with Gasteiger partial charge in [0.15, 0.2) is 11.0 Å². The minimum atomic E-state index is -0.00319. The number of aromatic nitrogens is 3. The maximum absolute atomic E-state index is 12.1. The summed E-state index contributed by atoms with van der Waals surface area (Å²) in [5, 5.41) is 9.71. The number of nitrogens with zero attached hydrogens (tertiary/aromatic N) is 4. The van der Waals surface area contributed by atoms with Crippen LogP contribution in [0.2, 0.25) is 0 Å². The molecule has 3 aromatic carbocycles. The van der Waals surface area contributed by atoms with Gasteiger partial charge in [-0.05, 0) is 54.8 Å².